The lowest BCUT2D eigenvalue weighted by Gasteiger charge is -2.16. The van der Waals surface area contributed by atoms with Gasteiger partial charge in [0.2, 0.25) is 5.91 Å². The smallest absolute Gasteiger partial charge is 0.383 e. The molecule has 170 valence electrons. The number of methoxy groups -OCH3 is 1. The van der Waals surface area contributed by atoms with E-state index >= 15 is 0 Å². The Kier molecular flexibility index (Phi) is 7.47. The van der Waals surface area contributed by atoms with Gasteiger partial charge in [-0.1, -0.05) is 23.4 Å². The van der Waals surface area contributed by atoms with Gasteiger partial charge in [-0.25, -0.2) is 4.98 Å². The second-order valence-corrected chi connectivity index (χ2v) is 8.57. The number of hydrogen-bond donors (Lipinski definition) is 1. The number of carbonyl (C=O) groups is 1. The number of rotatable bonds is 7. The van der Waals surface area contributed by atoms with Crippen LogP contribution in [-0.4, -0.2) is 34.4 Å². The number of benzene rings is 2. The van der Waals surface area contributed by atoms with E-state index in [1.807, 2.05) is 0 Å². The minimum atomic E-state index is -4.46. The summed E-state index contributed by atoms with van der Waals surface area (Å²) in [6.07, 6.45) is -4.46. The molecule has 1 heterocycles. The van der Waals surface area contributed by atoms with Crippen LogP contribution in [0.25, 0.3) is 10.9 Å². The Balaban J connectivity index is 1.83. The van der Waals surface area contributed by atoms with E-state index in [0.717, 1.165) is 23.9 Å². The van der Waals surface area contributed by atoms with Crippen LogP contribution >= 0.6 is 23.4 Å². The lowest BCUT2D eigenvalue weighted by molar-refractivity contribution is -0.137. The number of thioether (sulfide) groups is 1. The summed E-state index contributed by atoms with van der Waals surface area (Å²) in [5.41, 5.74) is -0.472. The topological polar surface area (TPSA) is 73.2 Å². The van der Waals surface area contributed by atoms with Gasteiger partial charge >= 0.3 is 6.18 Å². The van der Waals surface area contributed by atoms with E-state index in [1.165, 1.54) is 23.8 Å². The number of amides is 1. The molecule has 32 heavy (non-hydrogen) atoms. The highest BCUT2D eigenvalue weighted by atomic mass is 35.5. The first-order valence-electron chi connectivity index (χ1n) is 9.44. The Bertz CT molecular complexity index is 1180. The molecular formula is C21H19ClF3N3O3S. The van der Waals surface area contributed by atoms with Crippen molar-refractivity contribution in [2.75, 3.05) is 19.0 Å². The number of nitrogens with one attached hydrogen (secondary N) is 1. The molecule has 0 bridgehead atoms. The van der Waals surface area contributed by atoms with Gasteiger partial charge in [0.15, 0.2) is 5.16 Å². The molecule has 3 aromatic rings. The van der Waals surface area contributed by atoms with Crippen molar-refractivity contribution in [3.63, 3.8) is 0 Å². The average molecular weight is 486 g/mol. The van der Waals surface area contributed by atoms with Crippen LogP contribution in [0.15, 0.2) is 52.4 Å². The average Bonchev–Trinajstić information content (AvgIpc) is 2.73. The molecule has 0 unspecified atom stereocenters. The number of hydrogen-bond acceptors (Lipinski definition) is 5. The third kappa shape index (κ3) is 5.62. The summed E-state index contributed by atoms with van der Waals surface area (Å²) >= 11 is 7.07. The number of aromatic nitrogens is 2. The summed E-state index contributed by atoms with van der Waals surface area (Å²) in [5.74, 6) is -0.450. The number of fused-ring (bicyclic) bond motifs is 1. The van der Waals surface area contributed by atoms with Crippen molar-refractivity contribution >= 4 is 45.9 Å². The van der Waals surface area contributed by atoms with Crippen LogP contribution in [0.2, 0.25) is 5.02 Å². The van der Waals surface area contributed by atoms with Gasteiger partial charge in [0, 0.05) is 17.8 Å². The largest absolute Gasteiger partial charge is 0.416 e. The molecule has 1 N–H and O–H groups in total. The number of anilines is 1. The molecule has 0 aliphatic rings. The van der Waals surface area contributed by atoms with Crippen LogP contribution in [0, 0.1) is 0 Å². The number of halogens is 4. The first-order chi connectivity index (χ1) is 15.1. The quantitative estimate of drug-likeness (QED) is 0.383. The van der Waals surface area contributed by atoms with Gasteiger partial charge < -0.3 is 10.1 Å². The summed E-state index contributed by atoms with van der Waals surface area (Å²) < 4.78 is 44.6. The molecule has 0 saturated heterocycles. The number of carbonyl (C=O) groups excluding carboxylic acids is 1. The first-order valence-corrected chi connectivity index (χ1v) is 10.7. The van der Waals surface area contributed by atoms with Crippen molar-refractivity contribution in [1.29, 1.82) is 0 Å². The maximum Gasteiger partial charge on any atom is 0.416 e. The van der Waals surface area contributed by atoms with E-state index < -0.39 is 22.9 Å². The Morgan fingerprint density at radius 2 is 1.94 bits per heavy atom. The lowest BCUT2D eigenvalue weighted by Crippen LogP contribution is -2.28. The van der Waals surface area contributed by atoms with E-state index in [-0.39, 0.29) is 24.4 Å². The van der Waals surface area contributed by atoms with E-state index in [0.29, 0.717) is 21.1 Å². The maximum atomic E-state index is 12.9. The third-order valence-corrected chi connectivity index (χ3v) is 5.86. The van der Waals surface area contributed by atoms with E-state index in [1.54, 1.807) is 25.1 Å². The lowest BCUT2D eigenvalue weighted by atomic mass is 10.2. The van der Waals surface area contributed by atoms with E-state index in [2.05, 4.69) is 10.3 Å². The van der Waals surface area contributed by atoms with E-state index in [9.17, 15) is 22.8 Å². The first kappa shape index (κ1) is 24.1. The van der Waals surface area contributed by atoms with Crippen LogP contribution in [0.4, 0.5) is 18.9 Å². The molecule has 0 aliphatic heterocycles. The molecule has 3 rings (SSSR count). The molecular weight excluding hydrogens is 467 g/mol. The third-order valence-electron chi connectivity index (χ3n) is 4.53. The number of ether oxygens (including phenoxy) is 1. The summed E-state index contributed by atoms with van der Waals surface area (Å²) in [5, 5.41) is 2.98. The highest BCUT2D eigenvalue weighted by molar-refractivity contribution is 8.00. The van der Waals surface area contributed by atoms with Crippen molar-refractivity contribution in [3.8, 4) is 0 Å². The zero-order valence-electron chi connectivity index (χ0n) is 17.1. The SMILES string of the molecule is COCCn1c(S[C@H](C)C(=O)Nc2ccc(C(F)(F)F)cc2)nc2cc(Cl)ccc2c1=O. The highest BCUT2D eigenvalue weighted by Crippen LogP contribution is 2.30. The van der Waals surface area contributed by atoms with Crippen molar-refractivity contribution in [3.05, 3.63) is 63.4 Å². The van der Waals surface area contributed by atoms with Crippen LogP contribution in [0.3, 0.4) is 0 Å². The summed E-state index contributed by atoms with van der Waals surface area (Å²) in [6.45, 7) is 2.11. The van der Waals surface area contributed by atoms with Gasteiger partial charge in [-0.3, -0.25) is 14.2 Å². The molecule has 2 aromatic carbocycles. The second-order valence-electron chi connectivity index (χ2n) is 6.83. The van der Waals surface area contributed by atoms with Crippen molar-refractivity contribution in [2.24, 2.45) is 0 Å². The normalized spacial score (nSPS) is 12.7. The molecule has 0 radical (unpaired) electrons. The zero-order chi connectivity index (χ0) is 23.5. The minimum Gasteiger partial charge on any atom is -0.383 e. The zero-order valence-corrected chi connectivity index (χ0v) is 18.6. The monoisotopic (exact) mass is 485 g/mol. The summed E-state index contributed by atoms with van der Waals surface area (Å²) in [6, 6.07) is 8.91. The standard InChI is InChI=1S/C21H19ClF3N3O3S/c1-12(18(29)26-15-6-3-13(4-7-15)21(23,24)25)32-20-27-17-11-14(22)5-8-16(17)19(30)28(20)9-10-31-2/h3-8,11-12H,9-10H2,1-2H3,(H,26,29)/t12-/m1/s1. The van der Waals surface area contributed by atoms with E-state index in [4.69, 9.17) is 16.3 Å². The molecule has 0 spiro atoms. The molecule has 0 saturated carbocycles. The highest BCUT2D eigenvalue weighted by Gasteiger charge is 2.30. The van der Waals surface area contributed by atoms with Crippen molar-refractivity contribution in [1.82, 2.24) is 9.55 Å². The van der Waals surface area contributed by atoms with Gasteiger partial charge in [-0.05, 0) is 49.4 Å². The molecule has 6 nitrogen and oxygen atoms in total. The van der Waals surface area contributed by atoms with Gasteiger partial charge in [0.25, 0.3) is 5.56 Å². The molecule has 1 atom stereocenters. The fourth-order valence-electron chi connectivity index (χ4n) is 2.84. The Hall–Kier alpha value is -2.56. The number of alkyl halides is 3. The van der Waals surface area contributed by atoms with Crippen LogP contribution in [0.1, 0.15) is 12.5 Å². The maximum absolute atomic E-state index is 12.9. The van der Waals surface area contributed by atoms with Gasteiger partial charge in [-0.2, -0.15) is 13.2 Å². The fourth-order valence-corrected chi connectivity index (χ4v) is 3.94. The summed E-state index contributed by atoms with van der Waals surface area (Å²) in [4.78, 5) is 30.1. The van der Waals surface area contributed by atoms with Crippen LogP contribution < -0.4 is 10.9 Å². The van der Waals surface area contributed by atoms with Gasteiger partial charge in [-0.15, -0.1) is 0 Å². The minimum absolute atomic E-state index is 0.227. The number of nitrogens with zero attached hydrogens (tertiary/aromatic N) is 2. The van der Waals surface area contributed by atoms with Gasteiger partial charge in [0.05, 0.1) is 34.9 Å². The Morgan fingerprint density at radius 1 is 1.25 bits per heavy atom. The predicted octanol–water partition coefficient (Wildman–Crippen LogP) is 4.83. The predicted molar refractivity (Wildman–Crippen MR) is 118 cm³/mol. The fraction of sp³-hybridized carbons (Fsp3) is 0.286. The van der Waals surface area contributed by atoms with Crippen LogP contribution in [0.5, 0.6) is 0 Å². The molecule has 11 heteroatoms. The Labute approximate surface area is 190 Å². The Morgan fingerprint density at radius 3 is 2.56 bits per heavy atom. The van der Waals surface area contributed by atoms with Gasteiger partial charge in [0.1, 0.15) is 0 Å². The molecule has 1 amide bonds. The molecule has 0 aliphatic carbocycles. The second kappa shape index (κ2) is 9.93. The van der Waals surface area contributed by atoms with Crippen molar-refractivity contribution in [2.45, 2.75) is 30.1 Å². The molecule has 1 aromatic heterocycles. The van der Waals surface area contributed by atoms with Crippen molar-refractivity contribution < 1.29 is 22.7 Å². The molecule has 0 fully saturated rings. The van der Waals surface area contributed by atoms with Crippen LogP contribution in [-0.2, 0) is 22.3 Å². The summed E-state index contributed by atoms with van der Waals surface area (Å²) in [7, 11) is 1.51.